The Hall–Kier alpha value is -1.09. The lowest BCUT2D eigenvalue weighted by Gasteiger charge is -2.41. The van der Waals surface area contributed by atoms with Gasteiger partial charge >= 0.3 is 0 Å². The van der Waals surface area contributed by atoms with Crippen LogP contribution in [-0.2, 0) is 0 Å². The molecule has 106 valence electrons. The van der Waals surface area contributed by atoms with Gasteiger partial charge in [-0.15, -0.1) is 0 Å². The molecular weight excluding hydrogens is 239 g/mol. The summed E-state index contributed by atoms with van der Waals surface area (Å²) in [6.45, 7) is 4.83. The van der Waals surface area contributed by atoms with E-state index in [1.807, 2.05) is 12.1 Å². The summed E-state index contributed by atoms with van der Waals surface area (Å²) >= 11 is 0. The molecule has 2 nitrogen and oxygen atoms in total. The second kappa shape index (κ2) is 6.38. The van der Waals surface area contributed by atoms with Gasteiger partial charge in [-0.2, -0.15) is 0 Å². The van der Waals surface area contributed by atoms with E-state index < -0.39 is 0 Å². The zero-order chi connectivity index (χ0) is 13.7. The van der Waals surface area contributed by atoms with E-state index in [1.54, 1.807) is 0 Å². The van der Waals surface area contributed by atoms with Crippen LogP contribution in [0.2, 0.25) is 0 Å². The number of anilines is 1. The molecule has 3 heteroatoms. The molecule has 1 aromatic rings. The Morgan fingerprint density at radius 3 is 2.32 bits per heavy atom. The van der Waals surface area contributed by atoms with E-state index in [0.717, 1.165) is 25.3 Å². The fourth-order valence-electron chi connectivity index (χ4n) is 3.17. The molecule has 2 rings (SSSR count). The Morgan fingerprint density at radius 1 is 1.16 bits per heavy atom. The van der Waals surface area contributed by atoms with Crippen molar-refractivity contribution in [2.75, 3.05) is 24.5 Å². The first-order valence-corrected chi connectivity index (χ1v) is 7.40. The molecule has 1 aliphatic rings. The molecule has 0 aromatic heterocycles. The summed E-state index contributed by atoms with van der Waals surface area (Å²) in [5, 5.41) is 0. The van der Waals surface area contributed by atoms with E-state index in [2.05, 4.69) is 11.8 Å². The van der Waals surface area contributed by atoms with Gasteiger partial charge in [0.2, 0.25) is 0 Å². The molecule has 0 heterocycles. The number of benzene rings is 1. The summed E-state index contributed by atoms with van der Waals surface area (Å²) in [5.41, 5.74) is 7.41. The largest absolute Gasteiger partial charge is 0.371 e. The number of nitrogens with zero attached hydrogens (tertiary/aromatic N) is 1. The van der Waals surface area contributed by atoms with Crippen LogP contribution in [0.25, 0.3) is 0 Å². The molecular formula is C16H25FN2. The average molecular weight is 264 g/mol. The monoisotopic (exact) mass is 264 g/mol. The lowest BCUT2D eigenvalue weighted by atomic mass is 9.73. The lowest BCUT2D eigenvalue weighted by molar-refractivity contribution is 0.204. The number of nitrogens with two attached hydrogens (primary N) is 1. The van der Waals surface area contributed by atoms with Crippen LogP contribution >= 0.6 is 0 Å². The highest BCUT2D eigenvalue weighted by Gasteiger charge is 2.32. The van der Waals surface area contributed by atoms with E-state index >= 15 is 0 Å². The van der Waals surface area contributed by atoms with E-state index in [4.69, 9.17) is 5.73 Å². The maximum Gasteiger partial charge on any atom is 0.123 e. The Balaban J connectivity index is 2.11. The first kappa shape index (κ1) is 14.3. The molecule has 0 amide bonds. The molecule has 0 bridgehead atoms. The molecule has 1 fully saturated rings. The molecule has 1 aliphatic carbocycles. The van der Waals surface area contributed by atoms with Crippen LogP contribution in [0.15, 0.2) is 24.3 Å². The third-order valence-electron chi connectivity index (χ3n) is 4.45. The molecule has 0 aliphatic heterocycles. The van der Waals surface area contributed by atoms with Crippen molar-refractivity contribution < 1.29 is 4.39 Å². The van der Waals surface area contributed by atoms with Crippen LogP contribution in [0.1, 0.15) is 39.0 Å². The number of halogens is 1. The van der Waals surface area contributed by atoms with Gasteiger partial charge in [-0.05, 0) is 50.6 Å². The number of rotatable bonds is 5. The van der Waals surface area contributed by atoms with Crippen molar-refractivity contribution in [3.63, 3.8) is 0 Å². The van der Waals surface area contributed by atoms with Crippen molar-refractivity contribution in [2.24, 2.45) is 11.1 Å². The predicted molar refractivity (Wildman–Crippen MR) is 78.9 cm³/mol. The summed E-state index contributed by atoms with van der Waals surface area (Å²) in [5.74, 6) is -0.175. The van der Waals surface area contributed by atoms with Crippen molar-refractivity contribution in [1.82, 2.24) is 0 Å². The van der Waals surface area contributed by atoms with Gasteiger partial charge in [0.1, 0.15) is 5.82 Å². The number of hydrogen-bond donors (Lipinski definition) is 1. The Morgan fingerprint density at radius 2 is 1.79 bits per heavy atom. The third-order valence-corrected chi connectivity index (χ3v) is 4.45. The van der Waals surface area contributed by atoms with Crippen LogP contribution in [0, 0.1) is 11.2 Å². The maximum absolute atomic E-state index is 13.0. The minimum absolute atomic E-state index is 0.175. The van der Waals surface area contributed by atoms with E-state index in [9.17, 15) is 4.39 Å². The van der Waals surface area contributed by atoms with Gasteiger partial charge in [0.05, 0.1) is 0 Å². The minimum Gasteiger partial charge on any atom is -0.371 e. The molecule has 0 unspecified atom stereocenters. The number of hydrogen-bond acceptors (Lipinski definition) is 2. The summed E-state index contributed by atoms with van der Waals surface area (Å²) in [6.07, 6.45) is 6.36. The van der Waals surface area contributed by atoms with Crippen molar-refractivity contribution in [2.45, 2.75) is 39.0 Å². The van der Waals surface area contributed by atoms with Gasteiger partial charge in [-0.1, -0.05) is 19.3 Å². The summed E-state index contributed by atoms with van der Waals surface area (Å²) < 4.78 is 13.0. The van der Waals surface area contributed by atoms with Crippen LogP contribution in [0.5, 0.6) is 0 Å². The Bertz CT molecular complexity index is 382. The smallest absolute Gasteiger partial charge is 0.123 e. The molecule has 19 heavy (non-hydrogen) atoms. The topological polar surface area (TPSA) is 29.3 Å². The van der Waals surface area contributed by atoms with Gasteiger partial charge in [0, 0.05) is 24.2 Å². The average Bonchev–Trinajstić information content (AvgIpc) is 2.47. The van der Waals surface area contributed by atoms with E-state index in [-0.39, 0.29) is 11.2 Å². The third kappa shape index (κ3) is 3.47. The molecule has 0 radical (unpaired) electrons. The SMILES string of the molecule is CCN(CC1(CN)CCCCC1)c1ccc(F)cc1. The molecule has 0 saturated heterocycles. The van der Waals surface area contributed by atoms with Crippen molar-refractivity contribution in [1.29, 1.82) is 0 Å². The zero-order valence-corrected chi connectivity index (χ0v) is 11.9. The molecule has 1 saturated carbocycles. The lowest BCUT2D eigenvalue weighted by Crippen LogP contribution is -2.44. The van der Waals surface area contributed by atoms with Crippen LogP contribution in [-0.4, -0.2) is 19.6 Å². The summed E-state index contributed by atoms with van der Waals surface area (Å²) in [7, 11) is 0. The first-order valence-electron chi connectivity index (χ1n) is 7.40. The van der Waals surface area contributed by atoms with Gasteiger partial charge in [0.25, 0.3) is 0 Å². The fraction of sp³-hybridized carbons (Fsp3) is 0.625. The van der Waals surface area contributed by atoms with E-state index in [1.165, 1.54) is 44.2 Å². The van der Waals surface area contributed by atoms with Gasteiger partial charge in [0.15, 0.2) is 0 Å². The van der Waals surface area contributed by atoms with E-state index in [0.29, 0.717) is 0 Å². The normalized spacial score (nSPS) is 18.3. The second-order valence-electron chi connectivity index (χ2n) is 5.76. The maximum atomic E-state index is 13.0. The predicted octanol–water partition coefficient (Wildman–Crippen LogP) is 3.56. The quantitative estimate of drug-likeness (QED) is 0.881. The fourth-order valence-corrected chi connectivity index (χ4v) is 3.17. The van der Waals surface area contributed by atoms with Gasteiger partial charge < -0.3 is 10.6 Å². The standard InChI is InChI=1S/C16H25FN2/c1-2-19(15-8-6-14(17)7-9-15)13-16(12-18)10-4-3-5-11-16/h6-9H,2-5,10-13,18H2,1H3. The highest BCUT2D eigenvalue weighted by molar-refractivity contribution is 5.46. The Kier molecular flexibility index (Phi) is 4.81. The molecule has 0 spiro atoms. The van der Waals surface area contributed by atoms with Crippen molar-refractivity contribution in [3.05, 3.63) is 30.1 Å². The molecule has 1 aromatic carbocycles. The molecule has 2 N–H and O–H groups in total. The zero-order valence-electron chi connectivity index (χ0n) is 11.9. The van der Waals surface area contributed by atoms with Crippen LogP contribution in [0.4, 0.5) is 10.1 Å². The molecule has 0 atom stereocenters. The van der Waals surface area contributed by atoms with Gasteiger partial charge in [-0.25, -0.2) is 4.39 Å². The highest BCUT2D eigenvalue weighted by Crippen LogP contribution is 2.37. The second-order valence-corrected chi connectivity index (χ2v) is 5.76. The van der Waals surface area contributed by atoms with Crippen molar-refractivity contribution in [3.8, 4) is 0 Å². The van der Waals surface area contributed by atoms with Gasteiger partial charge in [-0.3, -0.25) is 0 Å². The summed E-state index contributed by atoms with van der Waals surface area (Å²) in [4.78, 5) is 2.33. The van der Waals surface area contributed by atoms with Crippen molar-refractivity contribution >= 4 is 5.69 Å². The van der Waals surface area contributed by atoms with Crippen LogP contribution < -0.4 is 10.6 Å². The highest BCUT2D eigenvalue weighted by atomic mass is 19.1. The van der Waals surface area contributed by atoms with Crippen LogP contribution in [0.3, 0.4) is 0 Å². The first-order chi connectivity index (χ1) is 9.19. The minimum atomic E-state index is -0.175. The summed E-state index contributed by atoms with van der Waals surface area (Å²) in [6, 6.07) is 6.81. The Labute approximate surface area is 115 Å².